The van der Waals surface area contributed by atoms with Gasteiger partial charge in [-0.2, -0.15) is 0 Å². The van der Waals surface area contributed by atoms with Gasteiger partial charge < -0.3 is 14.2 Å². The summed E-state index contributed by atoms with van der Waals surface area (Å²) in [4.78, 5) is 10.9. The van der Waals surface area contributed by atoms with Crippen molar-refractivity contribution in [2.24, 2.45) is 11.8 Å². The Labute approximate surface area is 188 Å². The fourth-order valence-electron chi connectivity index (χ4n) is 3.65. The summed E-state index contributed by atoms with van der Waals surface area (Å²) < 4.78 is 16.9. The highest BCUT2D eigenvalue weighted by atomic mass is 16.5. The number of benzene rings is 1. The van der Waals surface area contributed by atoms with Gasteiger partial charge in [-0.15, -0.1) is 0 Å². The number of aryl methyl sites for hydroxylation is 1. The fourth-order valence-corrected chi connectivity index (χ4v) is 3.65. The summed E-state index contributed by atoms with van der Waals surface area (Å²) in [7, 11) is 1.72. The highest BCUT2D eigenvalue weighted by molar-refractivity contribution is 5.65. The zero-order valence-corrected chi connectivity index (χ0v) is 20.0. The van der Waals surface area contributed by atoms with Gasteiger partial charge in [-0.05, 0) is 74.6 Å². The number of esters is 1. The molecule has 0 N–H and O–H groups in total. The highest BCUT2D eigenvalue weighted by Crippen LogP contribution is 2.41. The molecule has 0 saturated heterocycles. The lowest BCUT2D eigenvalue weighted by molar-refractivity contribution is -0.140. The molecule has 1 aromatic rings. The van der Waals surface area contributed by atoms with Crippen LogP contribution in [0, 0.1) is 18.8 Å². The van der Waals surface area contributed by atoms with Gasteiger partial charge in [0, 0.05) is 18.9 Å². The van der Waals surface area contributed by atoms with E-state index in [1.165, 1.54) is 36.5 Å². The summed E-state index contributed by atoms with van der Waals surface area (Å²) in [6, 6.07) is 4.12. The van der Waals surface area contributed by atoms with Gasteiger partial charge in [0.05, 0.1) is 13.7 Å². The van der Waals surface area contributed by atoms with Crippen LogP contribution < -0.4 is 9.47 Å². The summed E-state index contributed by atoms with van der Waals surface area (Å²) >= 11 is 0. The second-order valence-electron chi connectivity index (χ2n) is 8.77. The molecule has 0 radical (unpaired) electrons. The maximum Gasteiger partial charge on any atom is 0.302 e. The van der Waals surface area contributed by atoms with Crippen LogP contribution in [0.15, 0.2) is 47.8 Å². The standard InChI is InChI=1S/C27H38O4/c1-18(2)10-11-24-14-15-26(21(5)27(24)29-7)31-20(4)17-25(23-12-13-23)19(3)9-8-16-30-22(6)28/h9,14-15,17-18,23H,4,8,10-13,16H2,1-3,5-7H3/b19-9-,25-17+. The van der Waals surface area contributed by atoms with E-state index >= 15 is 0 Å². The summed E-state index contributed by atoms with van der Waals surface area (Å²) in [6.45, 7) is 14.6. The predicted octanol–water partition coefficient (Wildman–Crippen LogP) is 6.72. The van der Waals surface area contributed by atoms with Crippen LogP contribution in [0.3, 0.4) is 0 Å². The molecule has 1 aliphatic carbocycles. The normalized spacial score (nSPS) is 14.5. The first-order chi connectivity index (χ1) is 14.7. The minimum atomic E-state index is -0.244. The molecule has 1 saturated carbocycles. The van der Waals surface area contributed by atoms with E-state index in [1.54, 1.807) is 7.11 Å². The van der Waals surface area contributed by atoms with Gasteiger partial charge in [-0.1, -0.05) is 38.1 Å². The summed E-state index contributed by atoms with van der Waals surface area (Å²) in [5, 5.41) is 0. The minimum absolute atomic E-state index is 0.244. The number of carbonyl (C=O) groups excluding carboxylic acids is 1. The Bertz CT molecular complexity index is 841. The van der Waals surface area contributed by atoms with Crippen molar-refractivity contribution < 1.29 is 19.0 Å². The third-order valence-electron chi connectivity index (χ3n) is 5.54. The van der Waals surface area contributed by atoms with Crippen molar-refractivity contribution in [3.8, 4) is 11.5 Å². The van der Waals surface area contributed by atoms with Crippen molar-refractivity contribution in [3.05, 3.63) is 58.9 Å². The molecule has 4 nitrogen and oxygen atoms in total. The maximum absolute atomic E-state index is 10.9. The molecule has 31 heavy (non-hydrogen) atoms. The lowest BCUT2D eigenvalue weighted by Gasteiger charge is -2.17. The summed E-state index contributed by atoms with van der Waals surface area (Å²) in [6.07, 6.45) is 9.37. The van der Waals surface area contributed by atoms with Crippen LogP contribution in [0.4, 0.5) is 0 Å². The zero-order chi connectivity index (χ0) is 23.0. The molecule has 0 amide bonds. The number of hydrogen-bond donors (Lipinski definition) is 0. The first kappa shape index (κ1) is 24.8. The molecule has 170 valence electrons. The third-order valence-corrected chi connectivity index (χ3v) is 5.54. The van der Waals surface area contributed by atoms with Crippen molar-refractivity contribution in [2.45, 2.75) is 66.7 Å². The number of allylic oxidation sites excluding steroid dienone is 3. The van der Waals surface area contributed by atoms with Crippen LogP contribution in [0.5, 0.6) is 11.5 Å². The molecule has 0 spiro atoms. The van der Waals surface area contributed by atoms with Gasteiger partial charge in [0.2, 0.25) is 0 Å². The Kier molecular flexibility index (Phi) is 9.42. The molecule has 0 atom stereocenters. The second kappa shape index (κ2) is 11.8. The molecule has 0 bridgehead atoms. The number of ether oxygens (including phenoxy) is 3. The lowest BCUT2D eigenvalue weighted by atomic mass is 9.99. The molecule has 1 aliphatic rings. The summed E-state index contributed by atoms with van der Waals surface area (Å²) in [5.74, 6) is 3.26. The molecule has 0 heterocycles. The first-order valence-corrected chi connectivity index (χ1v) is 11.3. The molecule has 2 rings (SSSR count). The molecule has 0 aliphatic heterocycles. The SMILES string of the molecule is C=C(/C=C(\C(C)=C/CCOC(C)=O)C1CC1)Oc1ccc(CCC(C)C)c(OC)c1C. The Morgan fingerprint density at radius 1 is 1.26 bits per heavy atom. The first-order valence-electron chi connectivity index (χ1n) is 11.3. The Morgan fingerprint density at radius 3 is 2.55 bits per heavy atom. The van der Waals surface area contributed by atoms with Gasteiger partial charge in [0.1, 0.15) is 17.3 Å². The van der Waals surface area contributed by atoms with E-state index in [-0.39, 0.29) is 5.97 Å². The lowest BCUT2D eigenvalue weighted by Crippen LogP contribution is -2.02. The third kappa shape index (κ3) is 7.93. The van der Waals surface area contributed by atoms with Crippen molar-refractivity contribution in [1.82, 2.24) is 0 Å². The molecule has 4 heteroatoms. The van der Waals surface area contributed by atoms with E-state index in [0.717, 1.165) is 29.9 Å². The number of carbonyl (C=O) groups is 1. The van der Waals surface area contributed by atoms with Crippen molar-refractivity contribution in [3.63, 3.8) is 0 Å². The van der Waals surface area contributed by atoms with E-state index in [0.29, 0.717) is 30.6 Å². The highest BCUT2D eigenvalue weighted by Gasteiger charge is 2.27. The van der Waals surface area contributed by atoms with E-state index in [1.807, 2.05) is 19.1 Å². The molecule has 1 fully saturated rings. The van der Waals surface area contributed by atoms with Crippen molar-refractivity contribution in [1.29, 1.82) is 0 Å². The summed E-state index contributed by atoms with van der Waals surface area (Å²) in [5.41, 5.74) is 4.66. The topological polar surface area (TPSA) is 44.8 Å². The van der Waals surface area contributed by atoms with E-state index in [2.05, 4.69) is 39.5 Å². The van der Waals surface area contributed by atoms with Crippen LogP contribution in [-0.4, -0.2) is 19.7 Å². The number of methoxy groups -OCH3 is 1. The average molecular weight is 427 g/mol. The predicted molar refractivity (Wildman–Crippen MR) is 126 cm³/mol. The van der Waals surface area contributed by atoms with Crippen LogP contribution in [0.25, 0.3) is 0 Å². The molecule has 1 aromatic carbocycles. The minimum Gasteiger partial charge on any atom is -0.496 e. The number of rotatable bonds is 12. The fraction of sp³-hybridized carbons (Fsp3) is 0.519. The molecule has 0 unspecified atom stereocenters. The van der Waals surface area contributed by atoms with Crippen LogP contribution in [0.1, 0.15) is 64.5 Å². The molecular weight excluding hydrogens is 388 g/mol. The number of hydrogen-bond acceptors (Lipinski definition) is 4. The quantitative estimate of drug-likeness (QED) is 0.161. The van der Waals surface area contributed by atoms with Crippen LogP contribution in [0.2, 0.25) is 0 Å². The van der Waals surface area contributed by atoms with Crippen LogP contribution in [-0.2, 0) is 16.0 Å². The largest absolute Gasteiger partial charge is 0.496 e. The van der Waals surface area contributed by atoms with Gasteiger partial charge in [0.15, 0.2) is 0 Å². The smallest absolute Gasteiger partial charge is 0.302 e. The average Bonchev–Trinajstić information content (AvgIpc) is 3.54. The van der Waals surface area contributed by atoms with Gasteiger partial charge in [-0.25, -0.2) is 0 Å². The Balaban J connectivity index is 2.12. The van der Waals surface area contributed by atoms with E-state index < -0.39 is 0 Å². The van der Waals surface area contributed by atoms with Crippen molar-refractivity contribution in [2.75, 3.05) is 13.7 Å². The molecule has 0 aromatic heterocycles. The second-order valence-corrected chi connectivity index (χ2v) is 8.77. The maximum atomic E-state index is 10.9. The monoisotopic (exact) mass is 426 g/mol. The van der Waals surface area contributed by atoms with Gasteiger partial charge in [-0.3, -0.25) is 4.79 Å². The zero-order valence-electron chi connectivity index (χ0n) is 20.0. The molecular formula is C27H38O4. The van der Waals surface area contributed by atoms with Crippen LogP contribution >= 0.6 is 0 Å². The van der Waals surface area contributed by atoms with Gasteiger partial charge >= 0.3 is 5.97 Å². The Morgan fingerprint density at radius 2 is 1.97 bits per heavy atom. The Hall–Kier alpha value is -2.49. The van der Waals surface area contributed by atoms with Gasteiger partial charge in [0.25, 0.3) is 0 Å². The van der Waals surface area contributed by atoms with E-state index in [4.69, 9.17) is 14.2 Å². The van der Waals surface area contributed by atoms with Crippen molar-refractivity contribution >= 4 is 5.97 Å². The van der Waals surface area contributed by atoms with E-state index in [9.17, 15) is 4.79 Å².